The van der Waals surface area contributed by atoms with Gasteiger partial charge in [-0.2, -0.15) is 10.2 Å². The Morgan fingerprint density at radius 1 is 0.700 bits per heavy atom. The van der Waals surface area contributed by atoms with Gasteiger partial charge in [0.1, 0.15) is 29.6 Å². The highest BCUT2D eigenvalue weighted by atomic mass is 35.5. The van der Waals surface area contributed by atoms with Crippen LogP contribution in [0.2, 0.25) is 15.2 Å². The Bertz CT molecular complexity index is 2930. The highest BCUT2D eigenvalue weighted by Gasteiger charge is 2.52. The number of carbonyl (C=O) groups is 2. The Morgan fingerprint density at radius 3 is 1.63 bits per heavy atom. The van der Waals surface area contributed by atoms with Crippen molar-refractivity contribution in [3.05, 3.63) is 144 Å². The van der Waals surface area contributed by atoms with Crippen LogP contribution in [0.15, 0.2) is 95.3 Å². The van der Waals surface area contributed by atoms with Gasteiger partial charge in [-0.3, -0.25) is 47.6 Å². The van der Waals surface area contributed by atoms with Crippen LogP contribution in [-0.4, -0.2) is 80.6 Å². The van der Waals surface area contributed by atoms with Crippen molar-refractivity contribution in [1.82, 2.24) is 38.7 Å². The predicted molar refractivity (Wildman–Crippen MR) is 269 cm³/mol. The minimum Gasteiger partial charge on any atom is -0.480 e. The van der Waals surface area contributed by atoms with Crippen molar-refractivity contribution in [3.63, 3.8) is 0 Å². The maximum Gasteiger partial charge on any atom is 0.498 e. The van der Waals surface area contributed by atoms with Gasteiger partial charge in [0, 0.05) is 53.8 Å². The molecule has 3 aliphatic rings. The summed E-state index contributed by atoms with van der Waals surface area (Å²) in [6.45, 7) is 9.53. The first-order valence-corrected chi connectivity index (χ1v) is 24.3. The van der Waals surface area contributed by atoms with Crippen LogP contribution in [0.3, 0.4) is 0 Å². The number of rotatable bonds is 15. The number of nitrogens with zero attached hydrogens (tertiary/aromatic N) is 8. The van der Waals surface area contributed by atoms with E-state index in [4.69, 9.17) is 48.8 Å². The molecular formula is C50H58BCl3N8O8. The molecular weight excluding hydrogens is 958 g/mol. The summed E-state index contributed by atoms with van der Waals surface area (Å²) in [5, 5.41) is 19.0. The third kappa shape index (κ3) is 12.3. The minimum absolute atomic E-state index is 0.0539. The smallest absolute Gasteiger partial charge is 0.480 e. The van der Waals surface area contributed by atoms with Crippen molar-refractivity contribution in [2.75, 3.05) is 6.61 Å². The van der Waals surface area contributed by atoms with Crippen molar-refractivity contribution in [3.8, 4) is 11.3 Å². The number of aromatic nitrogens is 8. The molecule has 1 saturated heterocycles. The summed E-state index contributed by atoms with van der Waals surface area (Å²) in [5.74, 6) is -1.57. The molecule has 9 rings (SSSR count). The van der Waals surface area contributed by atoms with Gasteiger partial charge < -0.3 is 19.2 Å². The number of ether oxygens (including phenoxy) is 1. The molecule has 0 radical (unpaired) electrons. The van der Waals surface area contributed by atoms with Crippen molar-refractivity contribution < 1.29 is 28.7 Å². The lowest BCUT2D eigenvalue weighted by atomic mass is 9.82. The van der Waals surface area contributed by atoms with E-state index in [-0.39, 0.29) is 58.6 Å². The van der Waals surface area contributed by atoms with Gasteiger partial charge in [0.05, 0.1) is 42.1 Å². The van der Waals surface area contributed by atoms with Gasteiger partial charge in [0.2, 0.25) is 0 Å². The van der Waals surface area contributed by atoms with E-state index in [1.54, 1.807) is 48.1 Å². The standard InChI is InChI=1S/C21H21ClN4O3.C19H20Cl2N2O3.C10H17BN2O2/c1-25-12-14(10-24-25)18-11-23-17(20(29)26(18)13-19(27)28)6-7-21(8-9-21)15-2-4-16(22)5-3-15;1-2-26-17(24)12-23-16(21)11-22-15(18(23)25)7-8-19(9-10-19)13-3-5-14(20)6-4-13;1-9(2)10(3,4)15-11(14-9)8-6-12-13(5)7-8/h2-5,10-12H,6-9,13H2,1H3,(H,27,28);3-6,11H,2,7-10,12H2,1H3;6-7H,1-5H3. The van der Waals surface area contributed by atoms with Crippen LogP contribution in [0.5, 0.6) is 0 Å². The van der Waals surface area contributed by atoms with Crippen LogP contribution >= 0.6 is 34.8 Å². The monoisotopic (exact) mass is 1010 g/mol. The number of carboxylic acid groups (broad SMARTS) is 1. The SMILES string of the molecule is CCOC(=O)Cn1c(Cl)cnc(CCC2(c3ccc(Cl)cc3)CC2)c1=O.Cn1cc(-c2cnc(CCC3(c4ccc(Cl)cc4)CC3)c(=O)n2CC(=O)O)cn1.Cn1cc(B2OC(C)(C)C(C)(C)O2)cn1. The topological polar surface area (TPSA) is 187 Å². The molecule has 70 heavy (non-hydrogen) atoms. The molecule has 4 aromatic heterocycles. The number of esters is 1. The number of hydrogen-bond acceptors (Lipinski definition) is 11. The minimum atomic E-state index is -1.07. The Morgan fingerprint density at radius 2 is 1.19 bits per heavy atom. The molecule has 0 amide bonds. The number of aliphatic carboxylic acids is 1. The predicted octanol–water partition coefficient (Wildman–Crippen LogP) is 7.54. The zero-order valence-corrected chi connectivity index (χ0v) is 42.7. The van der Waals surface area contributed by atoms with Crippen molar-refractivity contribution >= 4 is 59.3 Å². The van der Waals surface area contributed by atoms with Crippen LogP contribution in [0, 0.1) is 0 Å². The lowest BCUT2D eigenvalue weighted by molar-refractivity contribution is -0.144. The molecule has 3 fully saturated rings. The van der Waals surface area contributed by atoms with E-state index in [2.05, 4.69) is 20.2 Å². The molecule has 16 nitrogen and oxygen atoms in total. The second-order valence-electron chi connectivity index (χ2n) is 19.1. The molecule has 0 bridgehead atoms. The summed E-state index contributed by atoms with van der Waals surface area (Å²) in [6.07, 6.45) is 16.9. The Labute approximate surface area is 422 Å². The fourth-order valence-electron chi connectivity index (χ4n) is 8.47. The molecule has 6 aromatic rings. The maximum atomic E-state index is 13.0. The lowest BCUT2D eigenvalue weighted by Gasteiger charge is -2.32. The average Bonchev–Trinajstić information content (AvgIpc) is 4.16. The largest absolute Gasteiger partial charge is 0.498 e. The first-order valence-electron chi connectivity index (χ1n) is 23.2. The summed E-state index contributed by atoms with van der Waals surface area (Å²) < 4.78 is 22.5. The molecule has 0 spiro atoms. The van der Waals surface area contributed by atoms with E-state index in [1.807, 2.05) is 89.5 Å². The number of halogens is 3. The van der Waals surface area contributed by atoms with Crippen LogP contribution in [-0.2, 0) is 74.5 Å². The van der Waals surface area contributed by atoms with E-state index in [1.165, 1.54) is 26.5 Å². The Kier molecular flexibility index (Phi) is 16.0. The normalized spacial score (nSPS) is 16.6. The van der Waals surface area contributed by atoms with E-state index in [9.17, 15) is 24.3 Å². The Hall–Kier alpha value is -5.59. The van der Waals surface area contributed by atoms with Crippen molar-refractivity contribution in [2.45, 2.75) is 121 Å². The van der Waals surface area contributed by atoms with Gasteiger partial charge in [-0.05, 0) is 132 Å². The molecule has 0 unspecified atom stereocenters. The molecule has 2 saturated carbocycles. The van der Waals surface area contributed by atoms with Crippen molar-refractivity contribution in [2.24, 2.45) is 14.1 Å². The molecule has 1 N–H and O–H groups in total. The van der Waals surface area contributed by atoms with E-state index >= 15 is 0 Å². The van der Waals surface area contributed by atoms with Crippen molar-refractivity contribution in [1.29, 1.82) is 0 Å². The van der Waals surface area contributed by atoms with E-state index < -0.39 is 18.5 Å². The average molecular weight is 1020 g/mol. The number of carboxylic acids is 1. The highest BCUT2D eigenvalue weighted by molar-refractivity contribution is 6.62. The van der Waals surface area contributed by atoms with Gasteiger partial charge in [-0.25, -0.2) is 0 Å². The van der Waals surface area contributed by atoms with Crippen LogP contribution in [0.4, 0.5) is 0 Å². The first-order chi connectivity index (χ1) is 33.1. The van der Waals surface area contributed by atoms with Crippen LogP contribution < -0.4 is 16.6 Å². The lowest BCUT2D eigenvalue weighted by Crippen LogP contribution is -2.41. The zero-order chi connectivity index (χ0) is 50.6. The molecule has 20 heteroatoms. The summed E-state index contributed by atoms with van der Waals surface area (Å²) in [4.78, 5) is 57.3. The van der Waals surface area contributed by atoms with Gasteiger partial charge in [-0.15, -0.1) is 0 Å². The quantitative estimate of drug-likeness (QED) is 0.0788. The third-order valence-electron chi connectivity index (χ3n) is 13.6. The molecule has 5 heterocycles. The number of aryl methyl sites for hydroxylation is 4. The highest BCUT2D eigenvalue weighted by Crippen LogP contribution is 2.52. The fraction of sp³-hybridized carbons (Fsp3) is 0.440. The Balaban J connectivity index is 0.000000162. The second kappa shape index (κ2) is 21.4. The summed E-state index contributed by atoms with van der Waals surface area (Å²) >= 11 is 18.0. The van der Waals surface area contributed by atoms with Gasteiger partial charge in [0.15, 0.2) is 0 Å². The van der Waals surface area contributed by atoms with Crippen LogP contribution in [0.1, 0.15) is 95.7 Å². The molecule has 370 valence electrons. The third-order valence-corrected chi connectivity index (χ3v) is 14.4. The maximum absolute atomic E-state index is 13.0. The van der Waals surface area contributed by atoms with Gasteiger partial charge in [-0.1, -0.05) is 59.1 Å². The number of carbonyl (C=O) groups excluding carboxylic acids is 1. The van der Waals surface area contributed by atoms with Crippen LogP contribution in [0.25, 0.3) is 11.3 Å². The summed E-state index contributed by atoms with van der Waals surface area (Å²) in [7, 11) is 3.34. The van der Waals surface area contributed by atoms with E-state index in [0.717, 1.165) is 44.0 Å². The summed E-state index contributed by atoms with van der Waals surface area (Å²) in [6, 6.07) is 15.7. The zero-order valence-electron chi connectivity index (χ0n) is 40.5. The fourth-order valence-corrected chi connectivity index (χ4v) is 8.91. The number of hydrogen-bond donors (Lipinski definition) is 1. The van der Waals surface area contributed by atoms with Gasteiger partial charge >= 0.3 is 19.1 Å². The number of benzene rings is 2. The molecule has 2 aromatic carbocycles. The second-order valence-corrected chi connectivity index (χ2v) is 20.4. The summed E-state index contributed by atoms with van der Waals surface area (Å²) in [5.41, 5.74) is 4.22. The molecule has 1 aliphatic heterocycles. The first kappa shape index (κ1) is 52.2. The molecule has 0 atom stereocenters. The van der Waals surface area contributed by atoms with E-state index in [0.29, 0.717) is 45.5 Å². The van der Waals surface area contributed by atoms with Gasteiger partial charge in [0.25, 0.3) is 11.1 Å². The molecule has 2 aliphatic carbocycles.